The lowest BCUT2D eigenvalue weighted by atomic mass is 9.96. The number of carbonyl (C=O) groups is 1. The maximum absolute atomic E-state index is 13.1. The van der Waals surface area contributed by atoms with Gasteiger partial charge in [0.25, 0.3) is 0 Å². The highest BCUT2D eigenvalue weighted by atomic mass is 35.5. The van der Waals surface area contributed by atoms with Crippen LogP contribution in [0.1, 0.15) is 52.3 Å². The van der Waals surface area contributed by atoms with E-state index in [-0.39, 0.29) is 30.2 Å². The van der Waals surface area contributed by atoms with Gasteiger partial charge in [-0.2, -0.15) is 0 Å². The standard InChI is InChI=1S/C31H32ClN5O2S/c1-18-8-9-19(2)25(15-18)34-28(39)12-14-36-30(29(35-31(36)40)24-7-5-6-13-33-24)23-16-20(3)37(21(23)4)26-17-22(32)10-11-27(26)38/h5-11,13,15-17,29-30,38H,12,14H2,1-4H3,(H,34,39)(H,35,40)/t29-,30-/m1/s1. The van der Waals surface area contributed by atoms with Crippen LogP contribution >= 0.6 is 23.8 Å². The van der Waals surface area contributed by atoms with Crippen LogP contribution in [0.2, 0.25) is 5.02 Å². The number of aryl methyl sites for hydroxylation is 3. The quantitative estimate of drug-likeness (QED) is 0.220. The summed E-state index contributed by atoms with van der Waals surface area (Å²) in [5.41, 5.74) is 7.29. The molecule has 1 saturated heterocycles. The van der Waals surface area contributed by atoms with Gasteiger partial charge in [0, 0.05) is 41.3 Å². The van der Waals surface area contributed by atoms with E-state index in [0.29, 0.717) is 22.4 Å². The van der Waals surface area contributed by atoms with Crippen molar-refractivity contribution in [3.05, 3.63) is 106 Å². The molecule has 2 atom stereocenters. The van der Waals surface area contributed by atoms with E-state index in [2.05, 4.69) is 26.6 Å². The average molecular weight is 574 g/mol. The summed E-state index contributed by atoms with van der Waals surface area (Å²) in [5.74, 6) is 0.0601. The molecule has 0 bridgehead atoms. The fourth-order valence-electron chi connectivity index (χ4n) is 5.42. The van der Waals surface area contributed by atoms with Crippen molar-refractivity contribution in [1.29, 1.82) is 0 Å². The second-order valence-corrected chi connectivity index (χ2v) is 11.1. The van der Waals surface area contributed by atoms with E-state index in [4.69, 9.17) is 23.8 Å². The summed E-state index contributed by atoms with van der Waals surface area (Å²) >= 11 is 12.1. The molecule has 3 N–H and O–H groups in total. The molecule has 5 rings (SSSR count). The highest BCUT2D eigenvalue weighted by molar-refractivity contribution is 7.80. The van der Waals surface area contributed by atoms with Crippen LogP contribution in [-0.2, 0) is 4.79 Å². The predicted molar refractivity (Wildman–Crippen MR) is 163 cm³/mol. The topological polar surface area (TPSA) is 82.4 Å². The molecule has 0 saturated carbocycles. The molecule has 0 radical (unpaired) electrons. The van der Waals surface area contributed by atoms with E-state index in [1.165, 1.54) is 0 Å². The first-order valence-corrected chi connectivity index (χ1v) is 14.0. The van der Waals surface area contributed by atoms with Crippen LogP contribution in [-0.4, -0.2) is 37.1 Å². The summed E-state index contributed by atoms with van der Waals surface area (Å²) < 4.78 is 2.00. The molecule has 7 nitrogen and oxygen atoms in total. The van der Waals surface area contributed by atoms with Gasteiger partial charge in [-0.3, -0.25) is 9.78 Å². The Kier molecular flexibility index (Phi) is 7.83. The number of halogens is 1. The largest absolute Gasteiger partial charge is 0.506 e. The second kappa shape index (κ2) is 11.3. The zero-order chi connectivity index (χ0) is 28.6. The average Bonchev–Trinajstić information content (AvgIpc) is 3.41. The van der Waals surface area contributed by atoms with Crippen molar-refractivity contribution >= 4 is 40.5 Å². The van der Waals surface area contributed by atoms with Crippen LogP contribution in [0, 0.1) is 27.7 Å². The third-order valence-electron chi connectivity index (χ3n) is 7.41. The first-order chi connectivity index (χ1) is 19.1. The molecule has 0 aliphatic carbocycles. The number of carbonyl (C=O) groups excluding carboxylic acids is 1. The molecule has 0 spiro atoms. The normalized spacial score (nSPS) is 16.7. The number of hydrogen-bond donors (Lipinski definition) is 3. The molecule has 3 heterocycles. The SMILES string of the molecule is Cc1ccc(C)c(NC(=O)CCN2C(=S)N[C@H](c3ccccn3)[C@H]2c2cc(C)n(-c3cc(Cl)ccc3O)c2C)c1. The van der Waals surface area contributed by atoms with Crippen LogP contribution in [0.25, 0.3) is 5.69 Å². The van der Waals surface area contributed by atoms with Crippen molar-refractivity contribution in [3.8, 4) is 11.4 Å². The molecule has 0 unspecified atom stereocenters. The highest BCUT2D eigenvalue weighted by Gasteiger charge is 2.41. The number of amides is 1. The number of aromatic nitrogens is 2. The summed E-state index contributed by atoms with van der Waals surface area (Å²) in [4.78, 5) is 19.8. The van der Waals surface area contributed by atoms with Crippen molar-refractivity contribution in [1.82, 2.24) is 19.8 Å². The van der Waals surface area contributed by atoms with Gasteiger partial charge in [0.05, 0.1) is 23.5 Å². The maximum Gasteiger partial charge on any atom is 0.226 e. The van der Waals surface area contributed by atoms with Gasteiger partial charge < -0.3 is 25.2 Å². The lowest BCUT2D eigenvalue weighted by molar-refractivity contribution is -0.116. The Morgan fingerprint density at radius 1 is 1.10 bits per heavy atom. The smallest absolute Gasteiger partial charge is 0.226 e. The summed E-state index contributed by atoms with van der Waals surface area (Å²) in [6.07, 6.45) is 2.03. The molecule has 1 aliphatic heterocycles. The van der Waals surface area contributed by atoms with Gasteiger partial charge in [-0.1, -0.05) is 29.8 Å². The molecule has 206 valence electrons. The minimum Gasteiger partial charge on any atom is -0.506 e. The zero-order valence-electron chi connectivity index (χ0n) is 22.9. The van der Waals surface area contributed by atoms with Crippen molar-refractivity contribution < 1.29 is 9.90 Å². The Balaban J connectivity index is 1.49. The predicted octanol–water partition coefficient (Wildman–Crippen LogP) is 6.47. The number of phenolic OH excluding ortho intramolecular Hbond substituents is 1. The monoisotopic (exact) mass is 573 g/mol. The molecular weight excluding hydrogens is 542 g/mol. The van der Waals surface area contributed by atoms with Gasteiger partial charge in [0.1, 0.15) is 5.75 Å². The molecular formula is C31H32ClN5O2S. The van der Waals surface area contributed by atoms with E-state index in [9.17, 15) is 9.90 Å². The number of anilines is 1. The van der Waals surface area contributed by atoms with Gasteiger partial charge in [-0.15, -0.1) is 0 Å². The van der Waals surface area contributed by atoms with Gasteiger partial charge in [-0.25, -0.2) is 0 Å². The number of nitrogens with one attached hydrogen (secondary N) is 2. The number of hydrogen-bond acceptors (Lipinski definition) is 4. The third-order valence-corrected chi connectivity index (χ3v) is 8.00. The Bertz CT molecular complexity index is 1590. The highest BCUT2D eigenvalue weighted by Crippen LogP contribution is 2.42. The van der Waals surface area contributed by atoms with Crippen molar-refractivity contribution in [3.63, 3.8) is 0 Å². The van der Waals surface area contributed by atoms with E-state index in [0.717, 1.165) is 39.5 Å². The van der Waals surface area contributed by atoms with Crippen LogP contribution in [0.5, 0.6) is 5.75 Å². The van der Waals surface area contributed by atoms with Crippen molar-refractivity contribution in [2.75, 3.05) is 11.9 Å². The minimum atomic E-state index is -0.225. The van der Waals surface area contributed by atoms with E-state index in [1.807, 2.05) is 68.7 Å². The molecule has 1 amide bonds. The van der Waals surface area contributed by atoms with Crippen molar-refractivity contribution in [2.45, 2.75) is 46.2 Å². The minimum absolute atomic E-state index is 0.0779. The Morgan fingerprint density at radius 2 is 1.90 bits per heavy atom. The van der Waals surface area contributed by atoms with Gasteiger partial charge in [0.2, 0.25) is 5.91 Å². The second-order valence-electron chi connectivity index (χ2n) is 10.2. The number of aromatic hydroxyl groups is 1. The number of rotatable bonds is 7. The van der Waals surface area contributed by atoms with Crippen LogP contribution in [0.4, 0.5) is 5.69 Å². The third kappa shape index (κ3) is 5.42. The molecule has 2 aromatic carbocycles. The Hall–Kier alpha value is -3.88. The molecule has 1 aliphatic rings. The Morgan fingerprint density at radius 3 is 2.65 bits per heavy atom. The fraction of sp³-hybridized carbons (Fsp3) is 0.258. The zero-order valence-corrected chi connectivity index (χ0v) is 24.5. The number of phenols is 1. The first-order valence-electron chi connectivity index (χ1n) is 13.2. The van der Waals surface area contributed by atoms with Gasteiger partial charge in [-0.05, 0) is 99.1 Å². The van der Waals surface area contributed by atoms with Crippen LogP contribution in [0.3, 0.4) is 0 Å². The lowest BCUT2D eigenvalue weighted by Crippen LogP contribution is -2.33. The van der Waals surface area contributed by atoms with E-state index in [1.54, 1.807) is 24.4 Å². The first kappa shape index (κ1) is 27.7. The molecule has 40 heavy (non-hydrogen) atoms. The summed E-state index contributed by atoms with van der Waals surface area (Å²) in [6.45, 7) is 8.42. The number of thiocarbonyl (C=S) groups is 1. The molecule has 4 aromatic rings. The van der Waals surface area contributed by atoms with Gasteiger partial charge in [0.15, 0.2) is 5.11 Å². The van der Waals surface area contributed by atoms with Crippen molar-refractivity contribution in [2.24, 2.45) is 0 Å². The fourth-order valence-corrected chi connectivity index (χ4v) is 5.92. The van der Waals surface area contributed by atoms with Crippen LogP contribution in [0.15, 0.2) is 66.9 Å². The maximum atomic E-state index is 13.1. The molecule has 2 aromatic heterocycles. The van der Waals surface area contributed by atoms with E-state index < -0.39 is 0 Å². The van der Waals surface area contributed by atoms with Gasteiger partial charge >= 0.3 is 0 Å². The molecule has 1 fully saturated rings. The van der Waals surface area contributed by atoms with E-state index >= 15 is 0 Å². The summed E-state index contributed by atoms with van der Waals surface area (Å²) in [5, 5.41) is 18.3. The number of nitrogens with zero attached hydrogens (tertiary/aromatic N) is 3. The molecule has 9 heteroatoms. The lowest BCUT2D eigenvalue weighted by Gasteiger charge is -2.28. The summed E-state index contributed by atoms with van der Waals surface area (Å²) in [7, 11) is 0. The number of benzene rings is 2. The summed E-state index contributed by atoms with van der Waals surface area (Å²) in [6, 6.07) is 18.5. The number of pyridine rings is 1. The Labute approximate surface area is 244 Å². The van der Waals surface area contributed by atoms with Crippen LogP contribution < -0.4 is 10.6 Å².